The number of aromatic nitrogens is 2. The summed E-state index contributed by atoms with van der Waals surface area (Å²) < 4.78 is 2.31. The quantitative estimate of drug-likeness (QED) is 0.643. The van der Waals surface area contributed by atoms with Crippen molar-refractivity contribution in [2.75, 3.05) is 0 Å². The van der Waals surface area contributed by atoms with E-state index in [4.69, 9.17) is 0 Å². The Bertz CT molecular complexity index is 328. The molecule has 2 rings (SSSR count). The molecule has 0 unspecified atom stereocenters. The Morgan fingerprint density at radius 2 is 2.00 bits per heavy atom. The highest BCUT2D eigenvalue weighted by Crippen LogP contribution is 2.19. The maximum absolute atomic E-state index is 4.44. The van der Waals surface area contributed by atoms with E-state index < -0.39 is 0 Å². The first-order chi connectivity index (χ1) is 8.90. The monoisotopic (exact) mass is 249 g/mol. The Hall–Kier alpha value is -0.830. The lowest BCUT2D eigenvalue weighted by atomic mass is 10.1. The van der Waals surface area contributed by atoms with Crippen LogP contribution in [0.2, 0.25) is 0 Å². The third-order valence-corrected chi connectivity index (χ3v) is 3.68. The van der Waals surface area contributed by atoms with Gasteiger partial charge in [0.15, 0.2) is 0 Å². The van der Waals surface area contributed by atoms with Crippen LogP contribution in [0.4, 0.5) is 0 Å². The molecule has 102 valence electrons. The fourth-order valence-electron chi connectivity index (χ4n) is 2.30. The summed E-state index contributed by atoms with van der Waals surface area (Å²) in [6.45, 7) is 4.34. The molecule has 3 heteroatoms. The molecular weight excluding hydrogens is 222 g/mol. The summed E-state index contributed by atoms with van der Waals surface area (Å²) in [6, 6.07) is 0.768. The molecule has 1 aromatic heterocycles. The largest absolute Gasteiger partial charge is 0.334 e. The van der Waals surface area contributed by atoms with Crippen molar-refractivity contribution in [1.82, 2.24) is 14.9 Å². The van der Waals surface area contributed by atoms with E-state index in [9.17, 15) is 0 Å². The summed E-state index contributed by atoms with van der Waals surface area (Å²) in [7, 11) is 0. The first kappa shape index (κ1) is 13.6. The van der Waals surface area contributed by atoms with E-state index in [1.807, 2.05) is 6.20 Å². The first-order valence-electron chi connectivity index (χ1n) is 7.63. The number of hydrogen-bond acceptors (Lipinski definition) is 2. The van der Waals surface area contributed by atoms with Crippen molar-refractivity contribution in [3.8, 4) is 0 Å². The second kappa shape index (κ2) is 7.57. The summed E-state index contributed by atoms with van der Waals surface area (Å²) in [5, 5.41) is 3.53. The Morgan fingerprint density at radius 1 is 1.22 bits per heavy atom. The van der Waals surface area contributed by atoms with Gasteiger partial charge in [-0.1, -0.05) is 39.0 Å². The van der Waals surface area contributed by atoms with E-state index in [0.717, 1.165) is 19.1 Å². The highest BCUT2D eigenvalue weighted by atomic mass is 15.1. The molecule has 1 aromatic rings. The van der Waals surface area contributed by atoms with E-state index in [-0.39, 0.29) is 0 Å². The van der Waals surface area contributed by atoms with Crippen LogP contribution < -0.4 is 5.32 Å². The normalized spacial score (nSPS) is 15.2. The van der Waals surface area contributed by atoms with Gasteiger partial charge in [0, 0.05) is 25.0 Å². The molecule has 1 aliphatic rings. The van der Waals surface area contributed by atoms with Crippen molar-refractivity contribution in [3.05, 3.63) is 18.2 Å². The van der Waals surface area contributed by atoms with Gasteiger partial charge in [-0.25, -0.2) is 4.98 Å². The number of rotatable bonds is 10. The Balaban J connectivity index is 1.60. The lowest BCUT2D eigenvalue weighted by Gasteiger charge is -2.08. The van der Waals surface area contributed by atoms with Gasteiger partial charge in [-0.3, -0.25) is 0 Å². The first-order valence-corrected chi connectivity index (χ1v) is 7.63. The van der Waals surface area contributed by atoms with Crippen LogP contribution in [0.1, 0.15) is 64.1 Å². The van der Waals surface area contributed by atoms with Gasteiger partial charge in [0.25, 0.3) is 0 Å². The molecule has 1 heterocycles. The minimum atomic E-state index is 0.768. The standard InChI is InChI=1S/C15H27N3/c1-2-3-4-5-6-7-11-18-12-10-16-15(18)13-17-14-8-9-14/h10,12,14,17H,2-9,11,13H2,1H3. The summed E-state index contributed by atoms with van der Waals surface area (Å²) in [5.41, 5.74) is 0. The SMILES string of the molecule is CCCCCCCCn1ccnc1CNC1CC1. The number of aryl methyl sites for hydroxylation is 1. The van der Waals surface area contributed by atoms with Crippen molar-refractivity contribution in [2.24, 2.45) is 0 Å². The van der Waals surface area contributed by atoms with E-state index in [2.05, 4.69) is 28.0 Å². The van der Waals surface area contributed by atoms with Gasteiger partial charge in [0.2, 0.25) is 0 Å². The molecule has 0 aliphatic heterocycles. The second-order valence-corrected chi connectivity index (χ2v) is 5.46. The molecule has 0 saturated heterocycles. The number of nitrogens with zero attached hydrogens (tertiary/aromatic N) is 2. The lowest BCUT2D eigenvalue weighted by Crippen LogP contribution is -2.18. The second-order valence-electron chi connectivity index (χ2n) is 5.46. The minimum Gasteiger partial charge on any atom is -0.334 e. The zero-order valence-electron chi connectivity index (χ0n) is 11.7. The maximum atomic E-state index is 4.44. The number of unbranched alkanes of at least 4 members (excludes halogenated alkanes) is 5. The number of hydrogen-bond donors (Lipinski definition) is 1. The highest BCUT2D eigenvalue weighted by Gasteiger charge is 2.20. The number of imidazole rings is 1. The Morgan fingerprint density at radius 3 is 2.78 bits per heavy atom. The van der Waals surface area contributed by atoms with Crippen LogP contribution in [0.15, 0.2) is 12.4 Å². The summed E-state index contributed by atoms with van der Waals surface area (Å²) in [4.78, 5) is 4.44. The smallest absolute Gasteiger partial charge is 0.122 e. The average molecular weight is 249 g/mol. The molecule has 3 nitrogen and oxygen atoms in total. The van der Waals surface area contributed by atoms with Crippen LogP contribution >= 0.6 is 0 Å². The van der Waals surface area contributed by atoms with Crippen LogP contribution in [0.25, 0.3) is 0 Å². The van der Waals surface area contributed by atoms with Gasteiger partial charge in [-0.05, 0) is 19.3 Å². The molecule has 1 fully saturated rings. The molecule has 18 heavy (non-hydrogen) atoms. The van der Waals surface area contributed by atoms with Crippen molar-refractivity contribution in [1.29, 1.82) is 0 Å². The van der Waals surface area contributed by atoms with Crippen LogP contribution in [-0.4, -0.2) is 15.6 Å². The van der Waals surface area contributed by atoms with Gasteiger partial charge in [0.05, 0.1) is 6.54 Å². The van der Waals surface area contributed by atoms with Gasteiger partial charge in [0.1, 0.15) is 5.82 Å². The molecule has 0 spiro atoms. The van der Waals surface area contributed by atoms with Crippen LogP contribution in [0.5, 0.6) is 0 Å². The highest BCUT2D eigenvalue weighted by molar-refractivity contribution is 4.94. The van der Waals surface area contributed by atoms with E-state index in [1.165, 1.54) is 57.2 Å². The van der Waals surface area contributed by atoms with Crippen LogP contribution in [-0.2, 0) is 13.1 Å². The number of nitrogens with one attached hydrogen (secondary N) is 1. The molecule has 1 saturated carbocycles. The fraction of sp³-hybridized carbons (Fsp3) is 0.800. The molecule has 0 aromatic carbocycles. The summed E-state index contributed by atoms with van der Waals surface area (Å²) in [6.07, 6.45) is 14.9. The molecule has 0 radical (unpaired) electrons. The van der Waals surface area contributed by atoms with Crippen molar-refractivity contribution < 1.29 is 0 Å². The summed E-state index contributed by atoms with van der Waals surface area (Å²) in [5.74, 6) is 1.20. The zero-order chi connectivity index (χ0) is 12.6. The molecule has 0 atom stereocenters. The van der Waals surface area contributed by atoms with Crippen molar-refractivity contribution >= 4 is 0 Å². The third kappa shape index (κ3) is 4.81. The zero-order valence-corrected chi connectivity index (χ0v) is 11.7. The minimum absolute atomic E-state index is 0.768. The van der Waals surface area contributed by atoms with Gasteiger partial charge in [-0.2, -0.15) is 0 Å². The third-order valence-electron chi connectivity index (χ3n) is 3.68. The predicted octanol–water partition coefficient (Wildman–Crippen LogP) is 3.50. The Kier molecular flexibility index (Phi) is 5.72. The Labute approximate surface area is 111 Å². The van der Waals surface area contributed by atoms with E-state index in [0.29, 0.717) is 0 Å². The van der Waals surface area contributed by atoms with Crippen molar-refractivity contribution in [3.63, 3.8) is 0 Å². The molecule has 1 aliphatic carbocycles. The molecule has 1 N–H and O–H groups in total. The lowest BCUT2D eigenvalue weighted by molar-refractivity contribution is 0.533. The van der Waals surface area contributed by atoms with Crippen LogP contribution in [0, 0.1) is 0 Å². The summed E-state index contributed by atoms with van der Waals surface area (Å²) >= 11 is 0. The van der Waals surface area contributed by atoms with Gasteiger partial charge < -0.3 is 9.88 Å². The van der Waals surface area contributed by atoms with Gasteiger partial charge >= 0.3 is 0 Å². The average Bonchev–Trinajstić information content (AvgIpc) is 3.11. The maximum Gasteiger partial charge on any atom is 0.122 e. The van der Waals surface area contributed by atoms with E-state index in [1.54, 1.807) is 0 Å². The van der Waals surface area contributed by atoms with E-state index >= 15 is 0 Å². The molecule has 0 amide bonds. The van der Waals surface area contributed by atoms with Gasteiger partial charge in [-0.15, -0.1) is 0 Å². The van der Waals surface area contributed by atoms with Crippen molar-refractivity contribution in [2.45, 2.75) is 77.4 Å². The van der Waals surface area contributed by atoms with Crippen LogP contribution in [0.3, 0.4) is 0 Å². The molecular formula is C15H27N3. The predicted molar refractivity (Wildman–Crippen MR) is 75.5 cm³/mol. The molecule has 0 bridgehead atoms. The fourth-order valence-corrected chi connectivity index (χ4v) is 2.30. The topological polar surface area (TPSA) is 29.9 Å².